The van der Waals surface area contributed by atoms with Gasteiger partial charge in [0.2, 0.25) is 11.8 Å². The van der Waals surface area contributed by atoms with E-state index in [0.717, 1.165) is 61.6 Å². The molecular formula is C55H84N2O12S. The highest BCUT2D eigenvalue weighted by molar-refractivity contribution is 7.86. The molecule has 3 N–H and O–H groups in total. The summed E-state index contributed by atoms with van der Waals surface area (Å²) >= 11 is 0. The van der Waals surface area contributed by atoms with Gasteiger partial charge < -0.3 is 44.2 Å². The van der Waals surface area contributed by atoms with Gasteiger partial charge in [-0.3, -0.25) is 13.8 Å². The van der Waals surface area contributed by atoms with Crippen LogP contribution in [-0.2, 0) is 56.1 Å². The molecule has 4 rings (SSSR count). The molecule has 0 unspecified atom stereocenters. The van der Waals surface area contributed by atoms with Crippen molar-refractivity contribution < 1.29 is 55.7 Å². The highest BCUT2D eigenvalue weighted by Crippen LogP contribution is 2.30. The number of hydrogen-bond acceptors (Lipinski definition) is 12. The van der Waals surface area contributed by atoms with Crippen molar-refractivity contribution in [1.82, 2.24) is 10.6 Å². The molecule has 3 aromatic rings. The molecule has 0 saturated carbocycles. The Balaban J connectivity index is 1.55. The van der Waals surface area contributed by atoms with Gasteiger partial charge in [-0.1, -0.05) is 159 Å². The van der Waals surface area contributed by atoms with Gasteiger partial charge in [0, 0.05) is 13.0 Å². The van der Waals surface area contributed by atoms with Gasteiger partial charge >= 0.3 is 0 Å². The molecule has 1 heterocycles. The van der Waals surface area contributed by atoms with E-state index in [2.05, 4.69) is 24.5 Å². The Morgan fingerprint density at radius 1 is 0.643 bits per heavy atom. The number of aliphatic hydroxyl groups excluding tert-OH is 1. The van der Waals surface area contributed by atoms with E-state index in [1.807, 2.05) is 31.2 Å². The van der Waals surface area contributed by atoms with Crippen LogP contribution in [0.2, 0.25) is 0 Å². The Morgan fingerprint density at radius 2 is 1.13 bits per heavy atom. The van der Waals surface area contributed by atoms with E-state index in [9.17, 15) is 23.1 Å². The molecule has 1 fully saturated rings. The van der Waals surface area contributed by atoms with Gasteiger partial charge in [-0.2, -0.15) is 8.42 Å². The van der Waals surface area contributed by atoms with Crippen molar-refractivity contribution in [2.24, 2.45) is 0 Å². The molecule has 14 nitrogen and oxygen atoms in total. The number of carbonyl (C=O) groups is 2. The monoisotopic (exact) mass is 997 g/mol. The van der Waals surface area contributed by atoms with Crippen LogP contribution in [0.1, 0.15) is 153 Å². The predicted octanol–water partition coefficient (Wildman–Crippen LogP) is 10.0. The Hall–Kier alpha value is -4.09. The fourth-order valence-electron chi connectivity index (χ4n) is 8.29. The standard InChI is InChI=1S/C55H84N2O12S/c1-6-8-10-12-14-16-18-20-22-24-50(58)57-48(54(60)56-37-23-21-19-17-15-13-11-9-7-2)40-67-55-53(66-39-44-29-33-46(64-5)34-30-44)52(65-38-43-27-31-45(63-4)32-28-43)51(59)49(69-55)41-68-70(61,62)47-35-25-42(3)26-36-47/h25-36,48-49,51-53,55,59H,6-24,37-41H2,1-5H3,(H,56,60)(H,57,58)/t48-,49+,51-,52-,53+,55-/m0/s1. The maximum atomic E-state index is 14.0. The third-order valence-electron chi connectivity index (χ3n) is 12.7. The van der Waals surface area contributed by atoms with Gasteiger partial charge in [-0.05, 0) is 67.3 Å². The first-order chi connectivity index (χ1) is 34.0. The number of amides is 2. The zero-order chi connectivity index (χ0) is 50.4. The normalized spacial score (nSPS) is 18.6. The molecule has 1 saturated heterocycles. The van der Waals surface area contributed by atoms with Gasteiger partial charge in [0.15, 0.2) is 6.29 Å². The molecule has 392 valence electrons. The second kappa shape index (κ2) is 33.5. The lowest BCUT2D eigenvalue weighted by atomic mass is 9.98. The smallest absolute Gasteiger partial charge is 0.297 e. The lowest BCUT2D eigenvalue weighted by molar-refractivity contribution is -0.319. The Kier molecular flexibility index (Phi) is 28.0. The van der Waals surface area contributed by atoms with E-state index < -0.39 is 59.4 Å². The Labute approximate surface area is 419 Å². The molecule has 1 aliphatic heterocycles. The first-order valence-electron chi connectivity index (χ1n) is 25.9. The minimum Gasteiger partial charge on any atom is -0.497 e. The SMILES string of the molecule is CCCCCCCCCCCNC(=O)[C@H](CO[C@H]1O[C@H](COS(=O)(=O)c2ccc(C)cc2)[C@H](O)[C@H](OCc2ccc(OC)cc2)[C@H]1OCc1ccc(OC)cc1)NC(=O)CCCCCCCCCCC. The van der Waals surface area contributed by atoms with Crippen molar-refractivity contribution in [3.63, 3.8) is 0 Å². The van der Waals surface area contributed by atoms with Crippen molar-refractivity contribution in [1.29, 1.82) is 0 Å². The van der Waals surface area contributed by atoms with E-state index in [-0.39, 0.29) is 37.0 Å². The number of aliphatic hydroxyl groups is 1. The van der Waals surface area contributed by atoms with Crippen LogP contribution in [0.25, 0.3) is 0 Å². The molecule has 0 aliphatic carbocycles. The lowest BCUT2D eigenvalue weighted by Crippen LogP contribution is -2.62. The van der Waals surface area contributed by atoms with Gasteiger partial charge in [0.1, 0.15) is 42.0 Å². The van der Waals surface area contributed by atoms with Crippen LogP contribution in [0.3, 0.4) is 0 Å². The fourth-order valence-corrected chi connectivity index (χ4v) is 9.21. The van der Waals surface area contributed by atoms with Crippen LogP contribution in [-0.4, -0.2) is 96.1 Å². The summed E-state index contributed by atoms with van der Waals surface area (Å²) in [5.41, 5.74) is 2.41. The molecule has 1 aliphatic rings. The Bertz CT molecular complexity index is 1980. The quantitative estimate of drug-likeness (QED) is 0.0369. The zero-order valence-corrected chi connectivity index (χ0v) is 43.5. The molecule has 15 heteroatoms. The van der Waals surface area contributed by atoms with Crippen LogP contribution >= 0.6 is 0 Å². The average molecular weight is 997 g/mol. The van der Waals surface area contributed by atoms with Gasteiger partial charge in [0.05, 0.1) is 45.5 Å². The number of aryl methyl sites for hydroxylation is 1. The number of rotatable bonds is 37. The summed E-state index contributed by atoms with van der Waals surface area (Å²) in [7, 11) is -1.13. The number of methoxy groups -OCH3 is 2. The van der Waals surface area contributed by atoms with Crippen molar-refractivity contribution in [2.75, 3.05) is 34.0 Å². The van der Waals surface area contributed by atoms with E-state index >= 15 is 0 Å². The topological polar surface area (TPSA) is 177 Å². The van der Waals surface area contributed by atoms with E-state index in [0.29, 0.717) is 24.5 Å². The summed E-state index contributed by atoms with van der Waals surface area (Å²) in [5.74, 6) is 0.647. The average Bonchev–Trinajstić information content (AvgIpc) is 3.36. The maximum absolute atomic E-state index is 14.0. The number of unbranched alkanes of at least 4 members (excludes halogenated alkanes) is 16. The molecule has 0 spiro atoms. The van der Waals surface area contributed by atoms with Crippen LogP contribution in [0.15, 0.2) is 77.7 Å². The molecule has 6 atom stereocenters. The summed E-state index contributed by atoms with van der Waals surface area (Å²) < 4.78 is 68.9. The zero-order valence-electron chi connectivity index (χ0n) is 42.7. The summed E-state index contributed by atoms with van der Waals surface area (Å²) in [5, 5.41) is 18.0. The molecule has 0 radical (unpaired) electrons. The number of ether oxygens (including phenoxy) is 6. The largest absolute Gasteiger partial charge is 0.497 e. The maximum Gasteiger partial charge on any atom is 0.297 e. The van der Waals surface area contributed by atoms with Crippen LogP contribution < -0.4 is 20.1 Å². The third kappa shape index (κ3) is 21.7. The van der Waals surface area contributed by atoms with Crippen molar-refractivity contribution >= 4 is 21.9 Å². The molecule has 70 heavy (non-hydrogen) atoms. The summed E-state index contributed by atoms with van der Waals surface area (Å²) in [6.07, 6.45) is 14.1. The minimum absolute atomic E-state index is 0.0227. The van der Waals surface area contributed by atoms with Crippen LogP contribution in [0.5, 0.6) is 11.5 Å². The number of nitrogens with one attached hydrogen (secondary N) is 2. The van der Waals surface area contributed by atoms with Crippen molar-refractivity contribution in [3.8, 4) is 11.5 Å². The highest BCUT2D eigenvalue weighted by Gasteiger charge is 2.48. The predicted molar refractivity (Wildman–Crippen MR) is 272 cm³/mol. The summed E-state index contributed by atoms with van der Waals surface area (Å²) in [6, 6.07) is 19.6. The van der Waals surface area contributed by atoms with Crippen LogP contribution in [0.4, 0.5) is 0 Å². The van der Waals surface area contributed by atoms with E-state index in [1.54, 1.807) is 50.6 Å². The van der Waals surface area contributed by atoms with Crippen molar-refractivity contribution in [2.45, 2.75) is 198 Å². The van der Waals surface area contributed by atoms with Crippen LogP contribution in [0, 0.1) is 6.92 Å². The van der Waals surface area contributed by atoms with Gasteiger partial charge in [-0.25, -0.2) is 0 Å². The van der Waals surface area contributed by atoms with E-state index in [1.165, 1.54) is 76.3 Å². The van der Waals surface area contributed by atoms with Gasteiger partial charge in [-0.15, -0.1) is 0 Å². The first kappa shape index (κ1) is 58.5. The fraction of sp³-hybridized carbons (Fsp3) is 0.636. The number of hydrogen-bond donors (Lipinski definition) is 3. The summed E-state index contributed by atoms with van der Waals surface area (Å²) in [6.45, 7) is 5.85. The van der Waals surface area contributed by atoms with E-state index in [4.69, 9.17) is 32.6 Å². The second-order valence-corrected chi connectivity index (χ2v) is 20.1. The number of benzene rings is 3. The molecular weight excluding hydrogens is 913 g/mol. The first-order valence-corrected chi connectivity index (χ1v) is 27.4. The lowest BCUT2D eigenvalue weighted by Gasteiger charge is -2.44. The van der Waals surface area contributed by atoms with Gasteiger partial charge in [0.25, 0.3) is 10.1 Å². The minimum atomic E-state index is -4.28. The molecule has 0 aromatic heterocycles. The summed E-state index contributed by atoms with van der Waals surface area (Å²) in [4.78, 5) is 27.4. The Morgan fingerprint density at radius 3 is 1.64 bits per heavy atom. The highest BCUT2D eigenvalue weighted by atomic mass is 32.2. The van der Waals surface area contributed by atoms with Crippen molar-refractivity contribution in [3.05, 3.63) is 89.5 Å². The molecule has 2 amide bonds. The molecule has 3 aromatic carbocycles. The molecule has 0 bridgehead atoms. The second-order valence-electron chi connectivity index (χ2n) is 18.5. The third-order valence-corrected chi connectivity index (χ3v) is 14.0. The number of carbonyl (C=O) groups excluding carboxylic acids is 2.